The number of nitrogens with zero attached hydrogens (tertiary/aromatic N) is 1. The third-order valence-corrected chi connectivity index (χ3v) is 9.26. The van der Waals surface area contributed by atoms with Crippen LogP contribution in [0.3, 0.4) is 0 Å². The first-order valence-corrected chi connectivity index (χ1v) is 14.0. The van der Waals surface area contributed by atoms with Crippen molar-refractivity contribution in [3.8, 4) is 5.75 Å². The van der Waals surface area contributed by atoms with E-state index in [9.17, 15) is 14.7 Å². The van der Waals surface area contributed by atoms with E-state index in [-0.39, 0.29) is 41.7 Å². The van der Waals surface area contributed by atoms with Crippen molar-refractivity contribution in [1.82, 2.24) is 4.90 Å². The molecule has 2 amide bonds. The van der Waals surface area contributed by atoms with Gasteiger partial charge in [-0.05, 0) is 68.5 Å². The molecule has 4 aliphatic rings. The van der Waals surface area contributed by atoms with Crippen LogP contribution in [0.5, 0.6) is 5.75 Å². The van der Waals surface area contributed by atoms with Gasteiger partial charge in [-0.25, -0.2) is 0 Å². The van der Waals surface area contributed by atoms with Crippen molar-refractivity contribution < 1.29 is 19.4 Å². The van der Waals surface area contributed by atoms with Gasteiger partial charge in [0.15, 0.2) is 0 Å². The number of allylic oxidation sites excluding steroid dienone is 2. The summed E-state index contributed by atoms with van der Waals surface area (Å²) >= 11 is 0. The van der Waals surface area contributed by atoms with Crippen LogP contribution < -0.4 is 0 Å². The van der Waals surface area contributed by atoms with E-state index in [1.165, 1.54) is 23.1 Å². The summed E-state index contributed by atoms with van der Waals surface area (Å²) in [6.45, 7) is 4.83. The number of aromatic hydroxyl groups is 1. The standard InChI is InChI=1S/C32H37NO4/c1-19(16-21-13-14-27(34)24-11-7-6-10-23(21)24)12-15-28-29-20(2)17-25-30(26(29)18-37-28)32(36)33(31(25)35)22-8-4-3-5-9-22/h6-7,10-11,13-14,16,22,25-26,28,30,34H,3-5,8-9,12,15,17-18H2,1-2H3/b19-16+/t25-,26+,28-,30-/m1/s1. The van der Waals surface area contributed by atoms with Crippen LogP contribution in [0.2, 0.25) is 0 Å². The van der Waals surface area contributed by atoms with Gasteiger partial charge < -0.3 is 9.84 Å². The minimum Gasteiger partial charge on any atom is -0.507 e. The predicted octanol–water partition coefficient (Wildman–Crippen LogP) is 6.40. The van der Waals surface area contributed by atoms with Gasteiger partial charge in [0, 0.05) is 17.3 Å². The molecular formula is C32H37NO4. The number of benzene rings is 2. The molecule has 6 rings (SSSR count). The van der Waals surface area contributed by atoms with Crippen molar-refractivity contribution in [2.24, 2.45) is 17.8 Å². The molecule has 37 heavy (non-hydrogen) atoms. The number of carbonyl (C=O) groups is 2. The van der Waals surface area contributed by atoms with Crippen molar-refractivity contribution in [2.75, 3.05) is 6.61 Å². The van der Waals surface area contributed by atoms with E-state index in [4.69, 9.17) is 4.74 Å². The number of hydrogen-bond acceptors (Lipinski definition) is 4. The van der Waals surface area contributed by atoms with E-state index in [1.807, 2.05) is 30.3 Å². The lowest BCUT2D eigenvalue weighted by Gasteiger charge is -2.31. The zero-order valence-corrected chi connectivity index (χ0v) is 21.9. The molecule has 0 bridgehead atoms. The highest BCUT2D eigenvalue weighted by Crippen LogP contribution is 2.50. The van der Waals surface area contributed by atoms with Gasteiger partial charge in [0.2, 0.25) is 11.8 Å². The van der Waals surface area contributed by atoms with Gasteiger partial charge in [-0.1, -0.05) is 66.8 Å². The average Bonchev–Trinajstić information content (AvgIpc) is 3.44. The lowest BCUT2D eigenvalue weighted by atomic mass is 9.70. The number of rotatable bonds is 5. The van der Waals surface area contributed by atoms with E-state index in [0.717, 1.165) is 54.9 Å². The largest absolute Gasteiger partial charge is 0.507 e. The first-order valence-electron chi connectivity index (χ1n) is 14.0. The first-order chi connectivity index (χ1) is 17.9. The number of ether oxygens (including phenoxy) is 1. The topological polar surface area (TPSA) is 66.8 Å². The summed E-state index contributed by atoms with van der Waals surface area (Å²) < 4.78 is 6.33. The fourth-order valence-electron chi connectivity index (χ4n) is 7.48. The highest BCUT2D eigenvalue weighted by atomic mass is 16.5. The van der Waals surface area contributed by atoms with Crippen LogP contribution >= 0.6 is 0 Å². The molecule has 194 valence electrons. The van der Waals surface area contributed by atoms with Crippen molar-refractivity contribution >= 4 is 28.7 Å². The quantitative estimate of drug-likeness (QED) is 0.382. The molecule has 2 aliphatic heterocycles. The summed E-state index contributed by atoms with van der Waals surface area (Å²) in [5.41, 5.74) is 4.90. The van der Waals surface area contributed by atoms with Gasteiger partial charge in [-0.2, -0.15) is 0 Å². The Bertz CT molecular complexity index is 1300. The number of phenolic OH excluding ortho intramolecular Hbond substituents is 1. The van der Waals surface area contributed by atoms with Crippen molar-refractivity contribution in [3.05, 3.63) is 58.7 Å². The summed E-state index contributed by atoms with van der Waals surface area (Å²) in [6.07, 6.45) is 10.0. The molecular weight excluding hydrogens is 462 g/mol. The molecule has 1 saturated carbocycles. The van der Waals surface area contributed by atoms with Crippen LogP contribution in [0.25, 0.3) is 16.8 Å². The molecule has 2 aromatic rings. The smallest absolute Gasteiger partial charge is 0.234 e. The number of imide groups is 1. The van der Waals surface area contributed by atoms with Gasteiger partial charge in [-0.15, -0.1) is 0 Å². The minimum absolute atomic E-state index is 0.0116. The molecule has 2 heterocycles. The fourth-order valence-corrected chi connectivity index (χ4v) is 7.48. The number of likely N-dealkylation sites (tertiary alicyclic amines) is 1. The molecule has 0 aromatic heterocycles. The van der Waals surface area contributed by atoms with Crippen molar-refractivity contribution in [2.45, 2.75) is 77.4 Å². The van der Waals surface area contributed by atoms with Gasteiger partial charge in [0.25, 0.3) is 0 Å². The lowest BCUT2D eigenvalue weighted by molar-refractivity contribution is -0.143. The maximum atomic E-state index is 13.6. The third-order valence-electron chi connectivity index (χ3n) is 9.26. The van der Waals surface area contributed by atoms with Gasteiger partial charge >= 0.3 is 0 Å². The molecule has 2 aromatic carbocycles. The maximum Gasteiger partial charge on any atom is 0.234 e. The highest BCUT2D eigenvalue weighted by Gasteiger charge is 2.57. The zero-order valence-electron chi connectivity index (χ0n) is 21.9. The summed E-state index contributed by atoms with van der Waals surface area (Å²) in [6, 6.07) is 11.8. The molecule has 4 atom stereocenters. The van der Waals surface area contributed by atoms with Crippen LogP contribution in [-0.2, 0) is 14.3 Å². The van der Waals surface area contributed by atoms with Crippen LogP contribution in [-0.4, -0.2) is 40.6 Å². The second kappa shape index (κ2) is 9.75. The van der Waals surface area contributed by atoms with E-state index in [1.54, 1.807) is 11.0 Å². The van der Waals surface area contributed by atoms with E-state index >= 15 is 0 Å². The Balaban J connectivity index is 1.18. The normalized spacial score (nSPS) is 28.8. The SMILES string of the molecule is CC1=C2[C@@H](CC/C(C)=C/c3ccc(O)c4ccccc34)OC[C@@H]2[C@@H]2C(=O)N(C3CCCCC3)C(=O)[C@@H]2C1. The zero-order chi connectivity index (χ0) is 25.7. The molecule has 5 nitrogen and oxygen atoms in total. The Morgan fingerprint density at radius 1 is 1.03 bits per heavy atom. The average molecular weight is 500 g/mol. The molecule has 2 saturated heterocycles. The van der Waals surface area contributed by atoms with E-state index in [2.05, 4.69) is 19.9 Å². The second-order valence-electron chi connectivity index (χ2n) is 11.6. The molecule has 0 spiro atoms. The minimum atomic E-state index is -0.238. The third kappa shape index (κ3) is 4.21. The molecule has 2 aliphatic carbocycles. The second-order valence-corrected chi connectivity index (χ2v) is 11.6. The van der Waals surface area contributed by atoms with Crippen molar-refractivity contribution in [3.63, 3.8) is 0 Å². The number of amides is 2. The van der Waals surface area contributed by atoms with Gasteiger partial charge in [0.05, 0.1) is 24.5 Å². The van der Waals surface area contributed by atoms with Crippen LogP contribution in [0, 0.1) is 17.8 Å². The Morgan fingerprint density at radius 3 is 2.57 bits per heavy atom. The maximum absolute atomic E-state index is 13.6. The summed E-state index contributed by atoms with van der Waals surface area (Å²) in [5.74, 6) is 0.0445. The number of hydrogen-bond donors (Lipinski definition) is 1. The Kier molecular flexibility index (Phi) is 6.44. The molecule has 1 N–H and O–H groups in total. The lowest BCUT2D eigenvalue weighted by Crippen LogP contribution is -2.42. The Hall–Kier alpha value is -2.92. The van der Waals surface area contributed by atoms with E-state index < -0.39 is 0 Å². The first kappa shape index (κ1) is 24.4. The van der Waals surface area contributed by atoms with Crippen LogP contribution in [0.1, 0.15) is 70.8 Å². The van der Waals surface area contributed by atoms with Gasteiger partial charge in [0.1, 0.15) is 5.75 Å². The molecule has 0 radical (unpaired) electrons. The number of fused-ring (bicyclic) bond motifs is 4. The summed E-state index contributed by atoms with van der Waals surface area (Å²) in [7, 11) is 0. The fraction of sp³-hybridized carbons (Fsp3) is 0.500. The van der Waals surface area contributed by atoms with Crippen LogP contribution in [0.15, 0.2) is 53.1 Å². The van der Waals surface area contributed by atoms with Crippen LogP contribution in [0.4, 0.5) is 0 Å². The number of carbonyl (C=O) groups excluding carboxylic acids is 2. The molecule has 0 unspecified atom stereocenters. The molecule has 3 fully saturated rings. The van der Waals surface area contributed by atoms with Gasteiger partial charge in [-0.3, -0.25) is 14.5 Å². The Labute approximate surface area is 219 Å². The number of phenols is 1. The predicted molar refractivity (Wildman–Crippen MR) is 145 cm³/mol. The summed E-state index contributed by atoms with van der Waals surface area (Å²) in [4.78, 5) is 28.7. The summed E-state index contributed by atoms with van der Waals surface area (Å²) in [5, 5.41) is 12.1. The monoisotopic (exact) mass is 499 g/mol. The van der Waals surface area contributed by atoms with Crippen molar-refractivity contribution in [1.29, 1.82) is 0 Å². The van der Waals surface area contributed by atoms with E-state index in [0.29, 0.717) is 18.8 Å². The molecule has 5 heteroatoms. The Morgan fingerprint density at radius 2 is 1.78 bits per heavy atom. The highest BCUT2D eigenvalue weighted by molar-refractivity contribution is 6.06.